The van der Waals surface area contributed by atoms with Crippen LogP contribution in [0.5, 0.6) is 5.75 Å². The van der Waals surface area contributed by atoms with Crippen molar-refractivity contribution < 1.29 is 17.9 Å². The average molecular weight is 332 g/mol. The van der Waals surface area contributed by atoms with E-state index in [4.69, 9.17) is 4.74 Å². The van der Waals surface area contributed by atoms with Gasteiger partial charge >= 0.3 is 0 Å². The number of aromatic nitrogens is 1. The highest BCUT2D eigenvalue weighted by Crippen LogP contribution is 2.40. The third-order valence-corrected chi connectivity index (χ3v) is 5.28. The van der Waals surface area contributed by atoms with Gasteiger partial charge in [0, 0.05) is 23.9 Å². The van der Waals surface area contributed by atoms with E-state index in [0.29, 0.717) is 5.75 Å². The van der Waals surface area contributed by atoms with Crippen molar-refractivity contribution in [3.05, 3.63) is 53.9 Å². The summed E-state index contributed by atoms with van der Waals surface area (Å²) in [6.07, 6.45) is 2.58. The Balaban J connectivity index is 1.92. The molecule has 1 aliphatic heterocycles. The van der Waals surface area contributed by atoms with Crippen molar-refractivity contribution in [2.75, 3.05) is 0 Å². The van der Waals surface area contributed by atoms with Crippen LogP contribution in [0.15, 0.2) is 47.6 Å². The Morgan fingerprint density at radius 2 is 2.00 bits per heavy atom. The van der Waals surface area contributed by atoms with Crippen molar-refractivity contribution in [3.8, 4) is 5.75 Å². The number of nitrogens with zero attached hydrogens (tertiary/aromatic N) is 1. The first-order chi connectivity index (χ1) is 10.9. The van der Waals surface area contributed by atoms with Gasteiger partial charge in [-0.1, -0.05) is 19.1 Å². The van der Waals surface area contributed by atoms with Gasteiger partial charge < -0.3 is 4.74 Å². The molecule has 23 heavy (non-hydrogen) atoms. The molecule has 0 spiro atoms. The van der Waals surface area contributed by atoms with E-state index in [1.807, 2.05) is 19.9 Å². The SMILES string of the molecule is C[C@H]1Oc2c(C(=O)NS(=O)(=O)c3cccnc3)cccc2[C@@H]1C. The maximum Gasteiger partial charge on any atom is 0.268 e. The lowest BCUT2D eigenvalue weighted by atomic mass is 9.97. The topological polar surface area (TPSA) is 85.4 Å². The molecule has 2 atom stereocenters. The van der Waals surface area contributed by atoms with Gasteiger partial charge in [-0.2, -0.15) is 0 Å². The Morgan fingerprint density at radius 1 is 1.22 bits per heavy atom. The second-order valence-corrected chi connectivity index (χ2v) is 7.14. The molecule has 6 nitrogen and oxygen atoms in total. The lowest BCUT2D eigenvalue weighted by molar-refractivity contribution is 0.0976. The molecule has 0 radical (unpaired) electrons. The van der Waals surface area contributed by atoms with Crippen molar-refractivity contribution in [1.29, 1.82) is 0 Å². The van der Waals surface area contributed by atoms with Gasteiger partial charge in [-0.05, 0) is 25.1 Å². The second-order valence-electron chi connectivity index (χ2n) is 5.46. The van der Waals surface area contributed by atoms with Crippen LogP contribution < -0.4 is 9.46 Å². The predicted molar refractivity (Wildman–Crippen MR) is 83.8 cm³/mol. The number of fused-ring (bicyclic) bond motifs is 1. The first kappa shape index (κ1) is 15.5. The molecule has 7 heteroatoms. The number of para-hydroxylation sites is 1. The minimum Gasteiger partial charge on any atom is -0.489 e. The van der Waals surface area contributed by atoms with E-state index in [1.165, 1.54) is 24.5 Å². The predicted octanol–water partition coefficient (Wildman–Crippen LogP) is 2.08. The van der Waals surface area contributed by atoms with Crippen molar-refractivity contribution in [1.82, 2.24) is 9.71 Å². The number of rotatable bonds is 3. The second kappa shape index (κ2) is 5.66. The van der Waals surface area contributed by atoms with Gasteiger partial charge in [-0.3, -0.25) is 9.78 Å². The van der Waals surface area contributed by atoms with Gasteiger partial charge in [0.2, 0.25) is 0 Å². The van der Waals surface area contributed by atoms with Crippen LogP contribution in [0.4, 0.5) is 0 Å². The van der Waals surface area contributed by atoms with Gasteiger partial charge in [0.05, 0.1) is 5.56 Å². The Hall–Kier alpha value is -2.41. The molecule has 0 aliphatic carbocycles. The highest BCUT2D eigenvalue weighted by atomic mass is 32.2. The van der Waals surface area contributed by atoms with E-state index in [-0.39, 0.29) is 22.5 Å². The summed E-state index contributed by atoms with van der Waals surface area (Å²) in [6, 6.07) is 8.03. The minimum absolute atomic E-state index is 0.0612. The Kier molecular flexibility index (Phi) is 3.81. The van der Waals surface area contributed by atoms with E-state index in [2.05, 4.69) is 9.71 Å². The summed E-state index contributed by atoms with van der Waals surface area (Å²) in [6.45, 7) is 3.92. The summed E-state index contributed by atoms with van der Waals surface area (Å²) < 4.78 is 32.2. The molecule has 1 aromatic heterocycles. The van der Waals surface area contributed by atoms with Gasteiger partial charge in [-0.15, -0.1) is 0 Å². The van der Waals surface area contributed by atoms with Gasteiger partial charge in [0.1, 0.15) is 16.7 Å². The molecular formula is C16H16N2O4S. The quantitative estimate of drug-likeness (QED) is 0.930. The first-order valence-electron chi connectivity index (χ1n) is 7.17. The van der Waals surface area contributed by atoms with Crippen LogP contribution in [0.3, 0.4) is 0 Å². The van der Waals surface area contributed by atoms with Crippen molar-refractivity contribution in [3.63, 3.8) is 0 Å². The number of benzene rings is 1. The summed E-state index contributed by atoms with van der Waals surface area (Å²) in [5, 5.41) is 0. The van der Waals surface area contributed by atoms with E-state index in [0.717, 1.165) is 5.56 Å². The van der Waals surface area contributed by atoms with E-state index in [9.17, 15) is 13.2 Å². The fourth-order valence-corrected chi connectivity index (χ4v) is 3.44. The monoisotopic (exact) mass is 332 g/mol. The first-order valence-corrected chi connectivity index (χ1v) is 8.65. The van der Waals surface area contributed by atoms with Gasteiger partial charge in [-0.25, -0.2) is 13.1 Å². The molecule has 0 bridgehead atoms. The molecule has 1 aliphatic rings. The Labute approximate surface area is 134 Å². The number of ether oxygens (including phenoxy) is 1. The number of carbonyl (C=O) groups is 1. The van der Waals surface area contributed by atoms with Crippen molar-refractivity contribution in [2.24, 2.45) is 0 Å². The molecule has 2 aromatic rings. The van der Waals surface area contributed by atoms with E-state index in [1.54, 1.807) is 12.1 Å². The fourth-order valence-electron chi connectivity index (χ4n) is 2.51. The molecule has 3 rings (SSSR count). The van der Waals surface area contributed by atoms with Crippen LogP contribution in [0.2, 0.25) is 0 Å². The number of hydrogen-bond acceptors (Lipinski definition) is 5. The summed E-state index contributed by atoms with van der Waals surface area (Å²) >= 11 is 0. The van der Waals surface area contributed by atoms with Crippen molar-refractivity contribution >= 4 is 15.9 Å². The van der Waals surface area contributed by atoms with Gasteiger partial charge in [0.25, 0.3) is 15.9 Å². The van der Waals surface area contributed by atoms with E-state index < -0.39 is 15.9 Å². The maximum absolute atomic E-state index is 12.4. The van der Waals surface area contributed by atoms with Crippen LogP contribution >= 0.6 is 0 Å². The lowest BCUT2D eigenvalue weighted by Crippen LogP contribution is -2.31. The molecule has 1 aromatic carbocycles. The van der Waals surface area contributed by atoms with Crippen LogP contribution in [-0.2, 0) is 10.0 Å². The molecule has 2 heterocycles. The number of sulfonamides is 1. The molecule has 0 fully saturated rings. The average Bonchev–Trinajstić information content (AvgIpc) is 2.83. The zero-order chi connectivity index (χ0) is 16.6. The standard InChI is InChI=1S/C16H16N2O4S/c1-10-11(2)22-15-13(10)6-3-7-14(15)16(19)18-23(20,21)12-5-4-8-17-9-12/h3-11H,1-2H3,(H,18,19)/t10-,11-/m1/s1. The number of amides is 1. The van der Waals surface area contributed by atoms with Crippen molar-refractivity contribution in [2.45, 2.75) is 30.8 Å². The third-order valence-electron chi connectivity index (χ3n) is 3.96. The third kappa shape index (κ3) is 2.79. The zero-order valence-electron chi connectivity index (χ0n) is 12.7. The van der Waals surface area contributed by atoms with E-state index >= 15 is 0 Å². The van der Waals surface area contributed by atoms with Crippen LogP contribution in [-0.4, -0.2) is 25.4 Å². The molecular weight excluding hydrogens is 316 g/mol. The van der Waals surface area contributed by atoms with Crippen LogP contribution in [0.1, 0.15) is 35.7 Å². The molecule has 0 unspecified atom stereocenters. The molecule has 1 N–H and O–H groups in total. The van der Waals surface area contributed by atoms with Crippen LogP contribution in [0.25, 0.3) is 0 Å². The van der Waals surface area contributed by atoms with Crippen LogP contribution in [0, 0.1) is 0 Å². The summed E-state index contributed by atoms with van der Waals surface area (Å²) in [7, 11) is -3.97. The smallest absolute Gasteiger partial charge is 0.268 e. The molecule has 0 saturated carbocycles. The highest BCUT2D eigenvalue weighted by molar-refractivity contribution is 7.90. The highest BCUT2D eigenvalue weighted by Gasteiger charge is 2.32. The largest absolute Gasteiger partial charge is 0.489 e. The maximum atomic E-state index is 12.4. The molecule has 1 amide bonds. The summed E-state index contributed by atoms with van der Waals surface area (Å²) in [4.78, 5) is 16.1. The number of hydrogen-bond donors (Lipinski definition) is 1. The zero-order valence-corrected chi connectivity index (χ0v) is 13.5. The Bertz CT molecular complexity index is 850. The Morgan fingerprint density at radius 3 is 2.70 bits per heavy atom. The summed E-state index contributed by atoms with van der Waals surface area (Å²) in [5.74, 6) is -0.119. The number of nitrogens with one attached hydrogen (secondary N) is 1. The number of carbonyl (C=O) groups excluding carboxylic acids is 1. The minimum atomic E-state index is -3.97. The lowest BCUT2D eigenvalue weighted by Gasteiger charge is -2.10. The normalized spacial score (nSPS) is 19.7. The number of pyridine rings is 1. The fraction of sp³-hybridized carbons (Fsp3) is 0.250. The summed E-state index contributed by atoms with van der Waals surface area (Å²) in [5.41, 5.74) is 1.12. The molecule has 0 saturated heterocycles. The molecule has 120 valence electrons. The van der Waals surface area contributed by atoms with Gasteiger partial charge in [0.15, 0.2) is 0 Å².